The second-order valence-electron chi connectivity index (χ2n) is 8.20. The summed E-state index contributed by atoms with van der Waals surface area (Å²) in [5.74, 6) is -1.17. The zero-order valence-corrected chi connectivity index (χ0v) is 17.8. The average molecular weight is 438 g/mol. The molecule has 0 saturated carbocycles. The lowest BCUT2D eigenvalue weighted by molar-refractivity contribution is -0.154. The van der Waals surface area contributed by atoms with Crippen molar-refractivity contribution in [2.24, 2.45) is 0 Å². The highest BCUT2D eigenvalue weighted by molar-refractivity contribution is 5.80. The standard InChI is InChI=1S/C24H26N2O6/c1-15(10-22(27)26-11-16(12-26)31-14-23(28)29)25-24(30)32-13-21-19-8-4-2-6-17(19)18-7-3-5-9-20(18)21/h2-9,15-16,21H,10-14H2,1H3,(H,25,30)(H,28,29). The number of likely N-dealkylation sites (tertiary alicyclic amines) is 1. The van der Waals surface area contributed by atoms with Crippen molar-refractivity contribution in [3.05, 3.63) is 59.7 Å². The summed E-state index contributed by atoms with van der Waals surface area (Å²) in [6.07, 6.45) is -0.672. The Morgan fingerprint density at radius 3 is 2.25 bits per heavy atom. The number of carboxylic acids is 1. The van der Waals surface area contributed by atoms with E-state index in [1.54, 1.807) is 11.8 Å². The third-order valence-corrected chi connectivity index (χ3v) is 5.83. The van der Waals surface area contributed by atoms with Gasteiger partial charge in [-0.25, -0.2) is 9.59 Å². The first kappa shape index (κ1) is 21.8. The molecule has 0 bridgehead atoms. The van der Waals surface area contributed by atoms with Crippen LogP contribution in [0.3, 0.4) is 0 Å². The molecular formula is C24H26N2O6. The number of hydrogen-bond donors (Lipinski definition) is 2. The minimum atomic E-state index is -1.03. The van der Waals surface area contributed by atoms with Gasteiger partial charge in [0.1, 0.15) is 13.2 Å². The highest BCUT2D eigenvalue weighted by atomic mass is 16.5. The summed E-state index contributed by atoms with van der Waals surface area (Å²) >= 11 is 0. The van der Waals surface area contributed by atoms with Crippen LogP contribution in [0.15, 0.2) is 48.5 Å². The number of carbonyl (C=O) groups is 3. The fourth-order valence-electron chi connectivity index (χ4n) is 4.22. The summed E-state index contributed by atoms with van der Waals surface area (Å²) in [5, 5.41) is 11.3. The van der Waals surface area contributed by atoms with Gasteiger partial charge in [0, 0.05) is 31.5 Å². The summed E-state index contributed by atoms with van der Waals surface area (Å²) in [6, 6.07) is 15.9. The molecule has 1 unspecified atom stereocenters. The number of ether oxygens (including phenoxy) is 2. The van der Waals surface area contributed by atoms with Gasteiger partial charge in [-0.15, -0.1) is 0 Å². The number of rotatable bonds is 8. The van der Waals surface area contributed by atoms with E-state index >= 15 is 0 Å². The number of carbonyl (C=O) groups excluding carboxylic acids is 2. The van der Waals surface area contributed by atoms with Crippen LogP contribution in [0, 0.1) is 0 Å². The SMILES string of the molecule is CC(CC(=O)N1CC(OCC(=O)O)C1)NC(=O)OCC1c2ccccc2-c2ccccc21. The Labute approximate surface area is 186 Å². The first-order valence-corrected chi connectivity index (χ1v) is 10.6. The second-order valence-corrected chi connectivity index (χ2v) is 8.20. The van der Waals surface area contributed by atoms with Crippen molar-refractivity contribution in [2.45, 2.75) is 31.4 Å². The summed E-state index contributed by atoms with van der Waals surface area (Å²) < 4.78 is 10.7. The van der Waals surface area contributed by atoms with Crippen LogP contribution in [0.5, 0.6) is 0 Å². The van der Waals surface area contributed by atoms with Crippen molar-refractivity contribution >= 4 is 18.0 Å². The van der Waals surface area contributed by atoms with E-state index in [9.17, 15) is 14.4 Å². The van der Waals surface area contributed by atoms with Crippen molar-refractivity contribution in [1.82, 2.24) is 10.2 Å². The van der Waals surface area contributed by atoms with Gasteiger partial charge in [0.05, 0.1) is 6.10 Å². The molecule has 2 aromatic carbocycles. The Hall–Kier alpha value is -3.39. The summed E-state index contributed by atoms with van der Waals surface area (Å²) in [6.45, 7) is 2.33. The normalized spacial score (nSPS) is 16.0. The highest BCUT2D eigenvalue weighted by Crippen LogP contribution is 2.44. The average Bonchev–Trinajstić information content (AvgIpc) is 3.04. The van der Waals surface area contributed by atoms with Crippen molar-refractivity contribution in [2.75, 3.05) is 26.3 Å². The Morgan fingerprint density at radius 1 is 1.06 bits per heavy atom. The van der Waals surface area contributed by atoms with Crippen LogP contribution in [0.4, 0.5) is 4.79 Å². The Kier molecular flexibility index (Phi) is 6.41. The third-order valence-electron chi connectivity index (χ3n) is 5.83. The number of fused-ring (bicyclic) bond motifs is 3. The summed E-state index contributed by atoms with van der Waals surface area (Å²) in [4.78, 5) is 36.7. The van der Waals surface area contributed by atoms with E-state index in [2.05, 4.69) is 29.6 Å². The number of nitrogens with one attached hydrogen (secondary N) is 1. The lowest BCUT2D eigenvalue weighted by Gasteiger charge is -2.39. The molecule has 4 rings (SSSR count). The number of carboxylic acid groups (broad SMARTS) is 1. The number of amides is 2. The number of alkyl carbamates (subject to hydrolysis) is 1. The molecule has 1 saturated heterocycles. The van der Waals surface area contributed by atoms with Crippen LogP contribution in [0.25, 0.3) is 11.1 Å². The zero-order valence-electron chi connectivity index (χ0n) is 17.8. The molecular weight excluding hydrogens is 412 g/mol. The van der Waals surface area contributed by atoms with Gasteiger partial charge in [-0.05, 0) is 29.2 Å². The van der Waals surface area contributed by atoms with Gasteiger partial charge in [-0.1, -0.05) is 48.5 Å². The van der Waals surface area contributed by atoms with Crippen molar-refractivity contribution in [1.29, 1.82) is 0 Å². The Bertz CT molecular complexity index is 972. The van der Waals surface area contributed by atoms with Crippen LogP contribution >= 0.6 is 0 Å². The first-order valence-electron chi connectivity index (χ1n) is 10.6. The van der Waals surface area contributed by atoms with E-state index in [1.165, 1.54) is 0 Å². The topological polar surface area (TPSA) is 105 Å². The summed E-state index contributed by atoms with van der Waals surface area (Å²) in [5.41, 5.74) is 4.61. The predicted octanol–water partition coefficient (Wildman–Crippen LogP) is 2.62. The van der Waals surface area contributed by atoms with Gasteiger partial charge in [0.2, 0.25) is 5.91 Å². The van der Waals surface area contributed by atoms with Crippen molar-refractivity contribution in [3.63, 3.8) is 0 Å². The van der Waals surface area contributed by atoms with E-state index in [4.69, 9.17) is 14.6 Å². The molecule has 8 nitrogen and oxygen atoms in total. The molecule has 1 aliphatic heterocycles. The van der Waals surface area contributed by atoms with E-state index in [0.29, 0.717) is 13.1 Å². The maximum absolute atomic E-state index is 12.3. The fraction of sp³-hybridized carbons (Fsp3) is 0.375. The molecule has 2 N–H and O–H groups in total. The minimum absolute atomic E-state index is 0.0195. The minimum Gasteiger partial charge on any atom is -0.480 e. The van der Waals surface area contributed by atoms with Crippen LogP contribution in [0.1, 0.15) is 30.4 Å². The van der Waals surface area contributed by atoms with E-state index in [0.717, 1.165) is 22.3 Å². The highest BCUT2D eigenvalue weighted by Gasteiger charge is 2.33. The molecule has 2 amide bonds. The smallest absolute Gasteiger partial charge is 0.407 e. The molecule has 168 valence electrons. The van der Waals surface area contributed by atoms with Crippen molar-refractivity contribution in [3.8, 4) is 11.1 Å². The van der Waals surface area contributed by atoms with Gasteiger partial charge in [-0.2, -0.15) is 0 Å². The van der Waals surface area contributed by atoms with Gasteiger partial charge in [-0.3, -0.25) is 4.79 Å². The number of hydrogen-bond acceptors (Lipinski definition) is 5. The maximum atomic E-state index is 12.3. The molecule has 2 aliphatic rings. The predicted molar refractivity (Wildman–Crippen MR) is 116 cm³/mol. The van der Waals surface area contributed by atoms with Crippen LogP contribution in [-0.4, -0.2) is 66.4 Å². The van der Waals surface area contributed by atoms with Gasteiger partial charge < -0.3 is 24.8 Å². The van der Waals surface area contributed by atoms with Gasteiger partial charge in [0.25, 0.3) is 0 Å². The zero-order chi connectivity index (χ0) is 22.7. The van der Waals surface area contributed by atoms with Crippen LogP contribution < -0.4 is 5.32 Å². The van der Waals surface area contributed by atoms with Crippen molar-refractivity contribution < 1.29 is 29.0 Å². The molecule has 8 heteroatoms. The quantitative estimate of drug-likeness (QED) is 0.657. The number of aliphatic carboxylic acids is 1. The van der Waals surface area contributed by atoms with Gasteiger partial charge >= 0.3 is 12.1 Å². The third kappa shape index (κ3) is 4.75. The number of nitrogens with zero attached hydrogens (tertiary/aromatic N) is 1. The Morgan fingerprint density at radius 2 is 1.66 bits per heavy atom. The molecule has 0 spiro atoms. The molecule has 32 heavy (non-hydrogen) atoms. The second kappa shape index (κ2) is 9.40. The molecule has 1 atom stereocenters. The van der Waals surface area contributed by atoms with Crippen LogP contribution in [0.2, 0.25) is 0 Å². The largest absolute Gasteiger partial charge is 0.480 e. The monoisotopic (exact) mass is 438 g/mol. The lowest BCUT2D eigenvalue weighted by Crippen LogP contribution is -2.56. The van der Waals surface area contributed by atoms with E-state index in [1.807, 2.05) is 24.3 Å². The summed E-state index contributed by atoms with van der Waals surface area (Å²) in [7, 11) is 0. The molecule has 1 fully saturated rings. The van der Waals surface area contributed by atoms with E-state index in [-0.39, 0.29) is 37.6 Å². The molecule has 1 heterocycles. The first-order chi connectivity index (χ1) is 15.4. The maximum Gasteiger partial charge on any atom is 0.407 e. The van der Waals surface area contributed by atoms with E-state index < -0.39 is 18.1 Å². The molecule has 1 aliphatic carbocycles. The molecule has 0 aromatic heterocycles. The fourth-order valence-corrected chi connectivity index (χ4v) is 4.22. The molecule has 2 aromatic rings. The molecule has 0 radical (unpaired) electrons. The van der Waals surface area contributed by atoms with Gasteiger partial charge in [0.15, 0.2) is 0 Å². The van der Waals surface area contributed by atoms with Crippen LogP contribution in [-0.2, 0) is 19.1 Å². The Balaban J connectivity index is 1.23. The lowest BCUT2D eigenvalue weighted by atomic mass is 9.98. The number of benzene rings is 2.